The van der Waals surface area contributed by atoms with E-state index in [1.165, 1.54) is 6.08 Å². The predicted molar refractivity (Wildman–Crippen MR) is 65.9 cm³/mol. The molecule has 1 unspecified atom stereocenters. The van der Waals surface area contributed by atoms with Crippen LogP contribution in [0.3, 0.4) is 0 Å². The molecule has 2 nitrogen and oxygen atoms in total. The molecule has 1 aromatic rings. The van der Waals surface area contributed by atoms with Crippen LogP contribution in [0.2, 0.25) is 0 Å². The minimum atomic E-state index is -0.496. The van der Waals surface area contributed by atoms with E-state index in [2.05, 4.69) is 5.92 Å². The molecule has 0 radical (unpaired) electrons. The van der Waals surface area contributed by atoms with Gasteiger partial charge in [-0.2, -0.15) is 0 Å². The van der Waals surface area contributed by atoms with Crippen LogP contribution < -0.4 is 0 Å². The molecule has 1 aromatic carbocycles. The topological polar surface area (TPSA) is 26.3 Å². The molecule has 86 valence electrons. The molecule has 0 aliphatic carbocycles. The van der Waals surface area contributed by atoms with E-state index in [4.69, 9.17) is 11.2 Å². The number of rotatable bonds is 2. The Morgan fingerprint density at radius 1 is 1.47 bits per heavy atom. The largest absolute Gasteiger partial charge is 0.430 e. The van der Waals surface area contributed by atoms with Crippen molar-refractivity contribution in [3.8, 4) is 12.3 Å². The van der Waals surface area contributed by atoms with Gasteiger partial charge in [-0.3, -0.25) is 4.79 Å². The highest BCUT2D eigenvalue weighted by Crippen LogP contribution is 2.38. The Bertz CT molecular complexity index is 493. The van der Waals surface area contributed by atoms with Crippen molar-refractivity contribution in [2.75, 3.05) is 0 Å². The second-order valence-electron chi connectivity index (χ2n) is 4.57. The number of benzene rings is 1. The second kappa shape index (κ2) is 4.47. The maximum Gasteiger partial charge on any atom is 0.317 e. The predicted octanol–water partition coefficient (Wildman–Crippen LogP) is 2.70. The Morgan fingerprint density at radius 2 is 2.18 bits per heavy atom. The van der Waals surface area contributed by atoms with Crippen LogP contribution in [0.25, 0.3) is 0 Å². The van der Waals surface area contributed by atoms with Gasteiger partial charge >= 0.3 is 5.97 Å². The van der Waals surface area contributed by atoms with Crippen molar-refractivity contribution in [2.45, 2.75) is 19.8 Å². The molecule has 1 aliphatic rings. The monoisotopic (exact) mass is 226 g/mol. The summed E-state index contributed by atoms with van der Waals surface area (Å²) in [5.41, 5.74) is 0.637. The van der Waals surface area contributed by atoms with Crippen molar-refractivity contribution in [2.24, 2.45) is 5.41 Å². The lowest BCUT2D eigenvalue weighted by Gasteiger charge is -2.17. The molecule has 0 saturated carbocycles. The molecule has 1 atom stereocenters. The fraction of sp³-hybridized carbons (Fsp3) is 0.267. The lowest BCUT2D eigenvalue weighted by Crippen LogP contribution is -2.24. The van der Waals surface area contributed by atoms with E-state index in [9.17, 15) is 4.79 Å². The van der Waals surface area contributed by atoms with E-state index in [0.29, 0.717) is 18.6 Å². The molecule has 2 rings (SSSR count). The van der Waals surface area contributed by atoms with Gasteiger partial charge in [0.15, 0.2) is 0 Å². The smallest absolute Gasteiger partial charge is 0.317 e. The molecular weight excluding hydrogens is 212 g/mol. The number of esters is 1. The van der Waals surface area contributed by atoms with Crippen molar-refractivity contribution in [3.63, 3.8) is 0 Å². The van der Waals surface area contributed by atoms with Crippen LogP contribution in [-0.2, 0) is 16.0 Å². The zero-order chi connectivity index (χ0) is 12.3. The average molecular weight is 226 g/mol. The van der Waals surface area contributed by atoms with Crippen LogP contribution >= 0.6 is 0 Å². The molecule has 0 amide bonds. The fourth-order valence-corrected chi connectivity index (χ4v) is 2.09. The standard InChI is InChI=1S/C15H14O2/c1-3-7-13-11-15(2,14(16)17-13)10-12-8-5-4-6-9-12/h1,4-9H,10-11H2,2H3/b13-7+. The van der Waals surface area contributed by atoms with E-state index >= 15 is 0 Å². The van der Waals surface area contributed by atoms with Crippen molar-refractivity contribution >= 4 is 5.97 Å². The molecule has 1 heterocycles. The normalized spacial score (nSPS) is 25.6. The summed E-state index contributed by atoms with van der Waals surface area (Å²) >= 11 is 0. The highest BCUT2D eigenvalue weighted by atomic mass is 16.5. The molecule has 2 heteroatoms. The van der Waals surface area contributed by atoms with Gasteiger partial charge in [0.05, 0.1) is 5.41 Å². The van der Waals surface area contributed by atoms with E-state index in [-0.39, 0.29) is 5.97 Å². The van der Waals surface area contributed by atoms with Crippen LogP contribution in [0.4, 0.5) is 0 Å². The van der Waals surface area contributed by atoms with Gasteiger partial charge in [-0.15, -0.1) is 6.42 Å². The molecule has 1 saturated heterocycles. The van der Waals surface area contributed by atoms with Crippen LogP contribution in [0.15, 0.2) is 42.2 Å². The lowest BCUT2D eigenvalue weighted by molar-refractivity contribution is -0.143. The van der Waals surface area contributed by atoms with Crippen molar-refractivity contribution < 1.29 is 9.53 Å². The average Bonchev–Trinajstić information content (AvgIpc) is 2.56. The quantitative estimate of drug-likeness (QED) is 0.572. The molecule has 1 fully saturated rings. The summed E-state index contributed by atoms with van der Waals surface area (Å²) in [4.78, 5) is 11.9. The Balaban J connectivity index is 2.18. The summed E-state index contributed by atoms with van der Waals surface area (Å²) in [5.74, 6) is 2.79. The first-order chi connectivity index (χ1) is 8.14. The lowest BCUT2D eigenvalue weighted by atomic mass is 9.82. The number of cyclic esters (lactones) is 1. The summed E-state index contributed by atoms with van der Waals surface area (Å²) in [6.45, 7) is 1.92. The van der Waals surface area contributed by atoms with Crippen LogP contribution in [0, 0.1) is 17.8 Å². The first kappa shape index (κ1) is 11.5. The van der Waals surface area contributed by atoms with Crippen molar-refractivity contribution in [1.29, 1.82) is 0 Å². The molecule has 0 aromatic heterocycles. The van der Waals surface area contributed by atoms with Crippen LogP contribution in [0.5, 0.6) is 0 Å². The fourth-order valence-electron chi connectivity index (χ4n) is 2.09. The minimum absolute atomic E-state index is 0.192. The third kappa shape index (κ3) is 2.39. The Kier molecular flexibility index (Phi) is 3.01. The van der Waals surface area contributed by atoms with Gasteiger partial charge in [-0.1, -0.05) is 36.3 Å². The third-order valence-electron chi connectivity index (χ3n) is 2.96. The SMILES string of the molecule is C#C/C=C1\CC(C)(Cc2ccccc2)C(=O)O1. The zero-order valence-corrected chi connectivity index (χ0v) is 9.77. The molecule has 0 spiro atoms. The first-order valence-corrected chi connectivity index (χ1v) is 5.55. The first-order valence-electron chi connectivity index (χ1n) is 5.55. The molecule has 0 bridgehead atoms. The van der Waals surface area contributed by atoms with Crippen LogP contribution in [-0.4, -0.2) is 5.97 Å². The summed E-state index contributed by atoms with van der Waals surface area (Å²) in [6.07, 6.45) is 7.95. The van der Waals surface area contributed by atoms with Gasteiger partial charge in [-0.25, -0.2) is 0 Å². The highest BCUT2D eigenvalue weighted by molar-refractivity contribution is 5.81. The van der Waals surface area contributed by atoms with Crippen molar-refractivity contribution in [3.05, 3.63) is 47.7 Å². The number of carbonyl (C=O) groups is 1. The third-order valence-corrected chi connectivity index (χ3v) is 2.96. The highest BCUT2D eigenvalue weighted by Gasteiger charge is 2.42. The Hall–Kier alpha value is -2.01. The summed E-state index contributed by atoms with van der Waals surface area (Å²) < 4.78 is 5.17. The second-order valence-corrected chi connectivity index (χ2v) is 4.57. The van der Waals surface area contributed by atoms with Gasteiger partial charge in [0.25, 0.3) is 0 Å². The summed E-state index contributed by atoms with van der Waals surface area (Å²) in [5, 5.41) is 0. The maximum atomic E-state index is 11.9. The number of ether oxygens (including phenoxy) is 1. The van der Waals surface area contributed by atoms with Gasteiger partial charge in [0.1, 0.15) is 5.76 Å². The Morgan fingerprint density at radius 3 is 2.82 bits per heavy atom. The van der Waals surface area contributed by atoms with Crippen molar-refractivity contribution in [1.82, 2.24) is 0 Å². The van der Waals surface area contributed by atoms with Gasteiger partial charge in [0, 0.05) is 12.5 Å². The summed E-state index contributed by atoms with van der Waals surface area (Å²) in [6, 6.07) is 9.93. The molecule has 17 heavy (non-hydrogen) atoms. The molecular formula is C15H14O2. The van der Waals surface area contributed by atoms with Crippen LogP contribution in [0.1, 0.15) is 18.9 Å². The zero-order valence-electron chi connectivity index (χ0n) is 9.77. The van der Waals surface area contributed by atoms with Gasteiger partial charge in [0.2, 0.25) is 0 Å². The van der Waals surface area contributed by atoms with E-state index in [0.717, 1.165) is 5.56 Å². The summed E-state index contributed by atoms with van der Waals surface area (Å²) in [7, 11) is 0. The van der Waals surface area contributed by atoms with E-state index in [1.807, 2.05) is 37.3 Å². The number of hydrogen-bond donors (Lipinski definition) is 0. The number of allylic oxidation sites excluding steroid dienone is 2. The maximum absolute atomic E-state index is 11.9. The number of carbonyl (C=O) groups excluding carboxylic acids is 1. The molecule has 1 aliphatic heterocycles. The molecule has 0 N–H and O–H groups in total. The minimum Gasteiger partial charge on any atom is -0.430 e. The van der Waals surface area contributed by atoms with Gasteiger partial charge < -0.3 is 4.74 Å². The van der Waals surface area contributed by atoms with E-state index in [1.54, 1.807) is 0 Å². The number of hydrogen-bond acceptors (Lipinski definition) is 2. The number of terminal acetylenes is 1. The van der Waals surface area contributed by atoms with Gasteiger partial charge in [-0.05, 0) is 18.9 Å². The Labute approximate surface area is 101 Å². The van der Waals surface area contributed by atoms with E-state index < -0.39 is 5.41 Å².